The third-order valence-electron chi connectivity index (χ3n) is 3.02. The van der Waals surface area contributed by atoms with Crippen LogP contribution >= 0.6 is 0 Å². The highest BCUT2D eigenvalue weighted by Gasteiger charge is 2.16. The second kappa shape index (κ2) is 5.54. The van der Waals surface area contributed by atoms with E-state index < -0.39 is 0 Å². The van der Waals surface area contributed by atoms with E-state index in [2.05, 4.69) is 12.2 Å². The van der Waals surface area contributed by atoms with Crippen molar-refractivity contribution in [1.82, 2.24) is 5.32 Å². The van der Waals surface area contributed by atoms with Crippen molar-refractivity contribution in [1.29, 1.82) is 0 Å². The van der Waals surface area contributed by atoms with Gasteiger partial charge in [-0.1, -0.05) is 37.3 Å². The summed E-state index contributed by atoms with van der Waals surface area (Å²) >= 11 is 0. The van der Waals surface area contributed by atoms with Gasteiger partial charge in [0.25, 0.3) is 5.91 Å². The highest BCUT2D eigenvalue weighted by atomic mass is 16.3. The van der Waals surface area contributed by atoms with Crippen LogP contribution in [0.1, 0.15) is 41.1 Å². The van der Waals surface area contributed by atoms with Crippen molar-refractivity contribution in [3.05, 3.63) is 59.5 Å². The number of nitrogens with one attached hydrogen (secondary N) is 1. The molecule has 3 heteroatoms. The average molecular weight is 243 g/mol. The summed E-state index contributed by atoms with van der Waals surface area (Å²) in [5.41, 5.74) is 1.72. The molecule has 0 spiro atoms. The Morgan fingerprint density at radius 2 is 2.00 bits per heavy atom. The highest BCUT2D eigenvalue weighted by molar-refractivity contribution is 5.95. The van der Waals surface area contributed by atoms with Crippen LogP contribution in [-0.4, -0.2) is 5.91 Å². The summed E-state index contributed by atoms with van der Waals surface area (Å²) in [6.07, 6.45) is 2.39. The van der Waals surface area contributed by atoms with Crippen molar-refractivity contribution in [2.75, 3.05) is 0 Å². The summed E-state index contributed by atoms with van der Waals surface area (Å²) in [5, 5.41) is 3.03. The van der Waals surface area contributed by atoms with Gasteiger partial charge in [0.15, 0.2) is 0 Å². The molecule has 3 nitrogen and oxygen atoms in total. The SMILES string of the molecule is CCC(NC(=O)c1ccoc1C)c1ccccc1. The molecule has 0 bridgehead atoms. The Labute approximate surface area is 107 Å². The number of furan rings is 1. The molecule has 0 saturated carbocycles. The third-order valence-corrected chi connectivity index (χ3v) is 3.02. The van der Waals surface area contributed by atoms with E-state index in [9.17, 15) is 4.79 Å². The molecule has 0 aliphatic heterocycles. The number of hydrogen-bond donors (Lipinski definition) is 1. The number of rotatable bonds is 4. The fourth-order valence-electron chi connectivity index (χ4n) is 1.96. The van der Waals surface area contributed by atoms with Gasteiger partial charge >= 0.3 is 0 Å². The summed E-state index contributed by atoms with van der Waals surface area (Å²) in [6, 6.07) is 11.7. The summed E-state index contributed by atoms with van der Waals surface area (Å²) in [4.78, 5) is 12.1. The van der Waals surface area contributed by atoms with E-state index in [1.165, 1.54) is 6.26 Å². The third kappa shape index (κ3) is 2.62. The smallest absolute Gasteiger partial charge is 0.255 e. The highest BCUT2D eigenvalue weighted by Crippen LogP contribution is 2.17. The van der Waals surface area contributed by atoms with Crippen LogP contribution in [0.2, 0.25) is 0 Å². The minimum Gasteiger partial charge on any atom is -0.469 e. The largest absolute Gasteiger partial charge is 0.469 e. The lowest BCUT2D eigenvalue weighted by atomic mass is 10.0. The number of benzene rings is 1. The van der Waals surface area contributed by atoms with E-state index in [1.807, 2.05) is 30.3 Å². The maximum Gasteiger partial charge on any atom is 0.255 e. The van der Waals surface area contributed by atoms with Gasteiger partial charge in [-0.05, 0) is 25.0 Å². The molecule has 0 fully saturated rings. The van der Waals surface area contributed by atoms with Gasteiger partial charge in [0.1, 0.15) is 5.76 Å². The molecular formula is C15H17NO2. The number of carbonyl (C=O) groups is 1. The van der Waals surface area contributed by atoms with Gasteiger partial charge in [0, 0.05) is 0 Å². The Balaban J connectivity index is 2.13. The normalized spacial score (nSPS) is 12.1. The predicted octanol–water partition coefficient (Wildman–Crippen LogP) is 3.47. The average Bonchev–Trinajstić information content (AvgIpc) is 2.83. The van der Waals surface area contributed by atoms with Crippen molar-refractivity contribution < 1.29 is 9.21 Å². The first-order valence-corrected chi connectivity index (χ1v) is 6.12. The van der Waals surface area contributed by atoms with Gasteiger partial charge in [-0.15, -0.1) is 0 Å². The van der Waals surface area contributed by atoms with E-state index in [0.717, 1.165) is 12.0 Å². The van der Waals surface area contributed by atoms with E-state index in [1.54, 1.807) is 13.0 Å². The van der Waals surface area contributed by atoms with E-state index in [4.69, 9.17) is 4.42 Å². The lowest BCUT2D eigenvalue weighted by Gasteiger charge is -2.17. The second-order valence-corrected chi connectivity index (χ2v) is 4.24. The van der Waals surface area contributed by atoms with Crippen LogP contribution in [-0.2, 0) is 0 Å². The van der Waals surface area contributed by atoms with Crippen molar-refractivity contribution in [2.24, 2.45) is 0 Å². The van der Waals surface area contributed by atoms with E-state index >= 15 is 0 Å². The van der Waals surface area contributed by atoms with Crippen LogP contribution < -0.4 is 5.32 Å². The van der Waals surface area contributed by atoms with Gasteiger partial charge in [-0.2, -0.15) is 0 Å². The molecular weight excluding hydrogens is 226 g/mol. The first-order chi connectivity index (χ1) is 8.72. The minimum absolute atomic E-state index is 0.0352. The zero-order valence-electron chi connectivity index (χ0n) is 10.6. The van der Waals surface area contributed by atoms with Crippen LogP contribution in [0.3, 0.4) is 0 Å². The van der Waals surface area contributed by atoms with Crippen molar-refractivity contribution in [3.8, 4) is 0 Å². The second-order valence-electron chi connectivity index (χ2n) is 4.24. The lowest BCUT2D eigenvalue weighted by Crippen LogP contribution is -2.28. The molecule has 0 aliphatic rings. The molecule has 1 unspecified atom stereocenters. The Bertz CT molecular complexity index is 516. The number of carbonyl (C=O) groups excluding carboxylic acids is 1. The number of amides is 1. The molecule has 1 atom stereocenters. The maximum atomic E-state index is 12.1. The minimum atomic E-state index is -0.0862. The monoisotopic (exact) mass is 243 g/mol. The van der Waals surface area contributed by atoms with Crippen LogP contribution in [0.25, 0.3) is 0 Å². The van der Waals surface area contributed by atoms with Crippen LogP contribution in [0.15, 0.2) is 47.1 Å². The zero-order chi connectivity index (χ0) is 13.0. The standard InChI is InChI=1S/C15H17NO2/c1-3-14(12-7-5-4-6-8-12)16-15(17)13-9-10-18-11(13)2/h4-10,14H,3H2,1-2H3,(H,16,17). The van der Waals surface area contributed by atoms with Gasteiger partial charge in [0.2, 0.25) is 0 Å². The zero-order valence-corrected chi connectivity index (χ0v) is 10.6. The molecule has 1 aromatic heterocycles. The van der Waals surface area contributed by atoms with Gasteiger partial charge in [-0.25, -0.2) is 0 Å². The number of hydrogen-bond acceptors (Lipinski definition) is 2. The van der Waals surface area contributed by atoms with Crippen LogP contribution in [0, 0.1) is 6.92 Å². The topological polar surface area (TPSA) is 42.2 Å². The van der Waals surface area contributed by atoms with E-state index in [0.29, 0.717) is 11.3 Å². The maximum absolute atomic E-state index is 12.1. The first-order valence-electron chi connectivity index (χ1n) is 6.12. The molecule has 1 heterocycles. The van der Waals surface area contributed by atoms with Gasteiger partial charge in [-0.3, -0.25) is 4.79 Å². The van der Waals surface area contributed by atoms with E-state index in [-0.39, 0.29) is 11.9 Å². The predicted molar refractivity (Wildman–Crippen MR) is 70.4 cm³/mol. The van der Waals surface area contributed by atoms with Crippen molar-refractivity contribution in [3.63, 3.8) is 0 Å². The molecule has 1 aromatic carbocycles. The number of aryl methyl sites for hydroxylation is 1. The summed E-state index contributed by atoms with van der Waals surface area (Å²) < 4.78 is 5.15. The lowest BCUT2D eigenvalue weighted by molar-refractivity contribution is 0.0934. The Kier molecular flexibility index (Phi) is 3.82. The molecule has 0 saturated heterocycles. The van der Waals surface area contributed by atoms with Crippen LogP contribution in [0.5, 0.6) is 0 Å². The quantitative estimate of drug-likeness (QED) is 0.893. The Hall–Kier alpha value is -2.03. The summed E-state index contributed by atoms with van der Waals surface area (Å²) in [7, 11) is 0. The first kappa shape index (κ1) is 12.4. The Morgan fingerprint density at radius 3 is 2.56 bits per heavy atom. The van der Waals surface area contributed by atoms with Crippen molar-refractivity contribution >= 4 is 5.91 Å². The Morgan fingerprint density at radius 1 is 1.28 bits per heavy atom. The molecule has 18 heavy (non-hydrogen) atoms. The molecule has 1 amide bonds. The molecule has 94 valence electrons. The molecule has 1 N–H and O–H groups in total. The fourth-order valence-corrected chi connectivity index (χ4v) is 1.96. The molecule has 2 aromatic rings. The fraction of sp³-hybridized carbons (Fsp3) is 0.267. The molecule has 0 aliphatic carbocycles. The molecule has 2 rings (SSSR count). The van der Waals surface area contributed by atoms with Gasteiger partial charge < -0.3 is 9.73 Å². The summed E-state index contributed by atoms with van der Waals surface area (Å²) in [5.74, 6) is 0.562. The summed E-state index contributed by atoms with van der Waals surface area (Å²) in [6.45, 7) is 3.85. The van der Waals surface area contributed by atoms with Crippen molar-refractivity contribution in [2.45, 2.75) is 26.3 Å². The van der Waals surface area contributed by atoms with Crippen LogP contribution in [0.4, 0.5) is 0 Å². The van der Waals surface area contributed by atoms with Gasteiger partial charge in [0.05, 0.1) is 17.9 Å². The molecule has 0 radical (unpaired) electrons.